The van der Waals surface area contributed by atoms with Crippen molar-refractivity contribution in [3.05, 3.63) is 58.4 Å². The van der Waals surface area contributed by atoms with Crippen molar-refractivity contribution in [2.75, 3.05) is 5.32 Å². The van der Waals surface area contributed by atoms with Crippen LogP contribution in [0.5, 0.6) is 5.75 Å². The van der Waals surface area contributed by atoms with Gasteiger partial charge in [-0.3, -0.25) is 4.79 Å². The van der Waals surface area contributed by atoms with Crippen molar-refractivity contribution in [2.45, 2.75) is 51.3 Å². The molecule has 2 N–H and O–H groups in total. The third-order valence-corrected chi connectivity index (χ3v) is 5.09. The van der Waals surface area contributed by atoms with Gasteiger partial charge in [-0.2, -0.15) is 13.2 Å². The van der Waals surface area contributed by atoms with Crippen LogP contribution in [0.3, 0.4) is 0 Å². The van der Waals surface area contributed by atoms with Crippen molar-refractivity contribution in [1.82, 2.24) is 0 Å². The Morgan fingerprint density at radius 3 is 2.29 bits per heavy atom. The molecule has 0 aromatic heterocycles. The average Bonchev–Trinajstić information content (AvgIpc) is 2.58. The number of carboxylic acid groups (broad SMARTS) is 1. The Kier molecular flexibility index (Phi) is 5.28. The molecule has 31 heavy (non-hydrogen) atoms. The Morgan fingerprint density at radius 2 is 1.74 bits per heavy atom. The molecule has 0 atom stereocenters. The minimum absolute atomic E-state index is 0.0876. The lowest BCUT2D eigenvalue weighted by Crippen LogP contribution is -2.42. The van der Waals surface area contributed by atoms with Gasteiger partial charge in [0.05, 0.1) is 11.1 Å². The van der Waals surface area contributed by atoms with Gasteiger partial charge in [0.2, 0.25) is 0 Å². The molecule has 2 aromatic rings. The van der Waals surface area contributed by atoms with Crippen LogP contribution >= 0.6 is 0 Å². The van der Waals surface area contributed by atoms with Crippen LogP contribution in [-0.2, 0) is 11.6 Å². The summed E-state index contributed by atoms with van der Waals surface area (Å²) in [5, 5.41) is 11.2. The van der Waals surface area contributed by atoms with Crippen molar-refractivity contribution >= 4 is 17.6 Å². The number of carbonyl (C=O) groups excluding carboxylic acids is 1. The number of amides is 1. The first kappa shape index (κ1) is 22.6. The molecule has 0 fully saturated rings. The Balaban J connectivity index is 2.05. The number of alkyl halides is 3. The van der Waals surface area contributed by atoms with Crippen LogP contribution in [0.2, 0.25) is 0 Å². The first-order chi connectivity index (χ1) is 14.1. The van der Waals surface area contributed by atoms with Gasteiger partial charge in [0.1, 0.15) is 17.2 Å². The predicted octanol–water partition coefficient (Wildman–Crippen LogP) is 5.63. The van der Waals surface area contributed by atoms with Crippen molar-refractivity contribution in [3.8, 4) is 5.75 Å². The second-order valence-electron chi connectivity index (χ2n) is 8.77. The summed E-state index contributed by atoms with van der Waals surface area (Å²) in [6.45, 7) is 6.96. The lowest BCUT2D eigenvalue weighted by atomic mass is 9.72. The van der Waals surface area contributed by atoms with Gasteiger partial charge in [0.15, 0.2) is 0 Å². The van der Waals surface area contributed by atoms with E-state index >= 15 is 0 Å². The number of fused-ring (bicyclic) bond motifs is 1. The van der Waals surface area contributed by atoms with Crippen LogP contribution in [0, 0.1) is 5.82 Å². The predicted molar refractivity (Wildman–Crippen MR) is 105 cm³/mol. The highest BCUT2D eigenvalue weighted by Crippen LogP contribution is 2.50. The fourth-order valence-corrected chi connectivity index (χ4v) is 4.02. The monoisotopic (exact) mass is 439 g/mol. The highest BCUT2D eigenvalue weighted by atomic mass is 19.4. The van der Waals surface area contributed by atoms with Gasteiger partial charge < -0.3 is 15.2 Å². The van der Waals surface area contributed by atoms with Gasteiger partial charge in [-0.1, -0.05) is 13.8 Å². The number of hydrogen-bond acceptors (Lipinski definition) is 3. The summed E-state index contributed by atoms with van der Waals surface area (Å²) in [6, 6.07) is 4.95. The molecule has 1 heterocycles. The Labute approximate surface area is 176 Å². The van der Waals surface area contributed by atoms with Crippen molar-refractivity contribution in [3.63, 3.8) is 0 Å². The van der Waals surface area contributed by atoms with Crippen LogP contribution in [0.15, 0.2) is 30.3 Å². The van der Waals surface area contributed by atoms with E-state index in [2.05, 4.69) is 5.32 Å². The SMILES string of the molecule is CC1(C)CC(C)(C)c2cc(C(=O)Nc3ccc(C(=O)O)c(F)c3)cc(C(F)(F)F)c2O1. The zero-order chi connectivity index (χ0) is 23.4. The molecule has 1 amide bonds. The normalized spacial score (nSPS) is 16.8. The number of benzene rings is 2. The fourth-order valence-electron chi connectivity index (χ4n) is 4.02. The summed E-state index contributed by atoms with van der Waals surface area (Å²) in [7, 11) is 0. The fraction of sp³-hybridized carbons (Fsp3) is 0.364. The topological polar surface area (TPSA) is 75.6 Å². The molecule has 1 aliphatic rings. The van der Waals surface area contributed by atoms with Gasteiger partial charge in [0, 0.05) is 16.8 Å². The zero-order valence-corrected chi connectivity index (χ0v) is 17.3. The highest BCUT2D eigenvalue weighted by Gasteiger charge is 2.45. The number of rotatable bonds is 3. The summed E-state index contributed by atoms with van der Waals surface area (Å²) in [5.41, 5.74) is -3.30. The number of aromatic carboxylic acids is 1. The Hall–Kier alpha value is -3.10. The van der Waals surface area contributed by atoms with Crippen molar-refractivity contribution < 1.29 is 37.0 Å². The van der Waals surface area contributed by atoms with E-state index in [-0.39, 0.29) is 22.6 Å². The number of anilines is 1. The second-order valence-corrected chi connectivity index (χ2v) is 8.77. The van der Waals surface area contributed by atoms with Crippen molar-refractivity contribution in [2.24, 2.45) is 0 Å². The molecule has 1 aliphatic heterocycles. The second kappa shape index (κ2) is 7.25. The van der Waals surface area contributed by atoms with Crippen LogP contribution in [0.25, 0.3) is 0 Å². The third kappa shape index (κ3) is 4.50. The van der Waals surface area contributed by atoms with E-state index < -0.39 is 46.0 Å². The lowest BCUT2D eigenvalue weighted by molar-refractivity contribution is -0.140. The molecule has 9 heteroatoms. The molecule has 0 aliphatic carbocycles. The van der Waals surface area contributed by atoms with Gasteiger partial charge in [0.25, 0.3) is 5.91 Å². The molecule has 5 nitrogen and oxygen atoms in total. The van der Waals surface area contributed by atoms with Gasteiger partial charge >= 0.3 is 12.1 Å². The Morgan fingerprint density at radius 1 is 1.10 bits per heavy atom. The Bertz CT molecular complexity index is 1060. The number of ether oxygens (including phenoxy) is 1. The minimum Gasteiger partial charge on any atom is -0.487 e. The molecule has 0 radical (unpaired) electrons. The number of hydrogen-bond donors (Lipinski definition) is 2. The number of carboxylic acids is 1. The van der Waals surface area contributed by atoms with E-state index in [4.69, 9.17) is 9.84 Å². The van der Waals surface area contributed by atoms with E-state index in [1.165, 1.54) is 6.07 Å². The molecule has 0 saturated heterocycles. The molecule has 0 saturated carbocycles. The van der Waals surface area contributed by atoms with E-state index in [0.717, 1.165) is 18.2 Å². The summed E-state index contributed by atoms with van der Waals surface area (Å²) in [5.74, 6) is -3.76. The van der Waals surface area contributed by atoms with E-state index in [1.54, 1.807) is 27.7 Å². The molecule has 0 unspecified atom stereocenters. The third-order valence-electron chi connectivity index (χ3n) is 5.09. The molecule has 0 bridgehead atoms. The first-order valence-electron chi connectivity index (χ1n) is 9.40. The molecule has 3 rings (SSSR count). The number of carbonyl (C=O) groups is 2. The average molecular weight is 439 g/mol. The van der Waals surface area contributed by atoms with E-state index in [1.807, 2.05) is 0 Å². The quantitative estimate of drug-likeness (QED) is 0.608. The lowest BCUT2D eigenvalue weighted by Gasteiger charge is -2.43. The molecule has 2 aromatic carbocycles. The minimum atomic E-state index is -4.76. The number of nitrogens with one attached hydrogen (secondary N) is 1. The highest BCUT2D eigenvalue weighted by molar-refractivity contribution is 6.05. The van der Waals surface area contributed by atoms with Crippen LogP contribution in [0.4, 0.5) is 23.2 Å². The molecule has 0 spiro atoms. The summed E-state index contributed by atoms with van der Waals surface area (Å²) in [6.07, 6.45) is -4.34. The standard InChI is InChI=1S/C22H21F4NO4/c1-20(2)10-21(3,4)31-17-14(20)7-11(8-15(17)22(24,25)26)18(28)27-12-5-6-13(19(29)30)16(23)9-12/h5-9H,10H2,1-4H3,(H,27,28)(H,29,30). The number of halogens is 4. The van der Waals surface area contributed by atoms with E-state index in [0.29, 0.717) is 12.5 Å². The van der Waals surface area contributed by atoms with Crippen LogP contribution in [0.1, 0.15) is 66.0 Å². The maximum atomic E-state index is 13.9. The zero-order valence-electron chi connectivity index (χ0n) is 17.3. The van der Waals surface area contributed by atoms with E-state index in [9.17, 15) is 27.2 Å². The molecular weight excluding hydrogens is 418 g/mol. The van der Waals surface area contributed by atoms with Gasteiger partial charge in [-0.15, -0.1) is 0 Å². The van der Waals surface area contributed by atoms with Crippen LogP contribution < -0.4 is 10.1 Å². The van der Waals surface area contributed by atoms with Crippen LogP contribution in [-0.4, -0.2) is 22.6 Å². The summed E-state index contributed by atoms with van der Waals surface area (Å²) in [4.78, 5) is 23.6. The first-order valence-corrected chi connectivity index (χ1v) is 9.40. The van der Waals surface area contributed by atoms with Crippen molar-refractivity contribution in [1.29, 1.82) is 0 Å². The van der Waals surface area contributed by atoms with Gasteiger partial charge in [-0.05, 0) is 56.0 Å². The maximum absolute atomic E-state index is 13.9. The largest absolute Gasteiger partial charge is 0.487 e. The smallest absolute Gasteiger partial charge is 0.419 e. The molecular formula is C22H21F4NO4. The molecule has 166 valence electrons. The summed E-state index contributed by atoms with van der Waals surface area (Å²) >= 11 is 0. The van der Waals surface area contributed by atoms with Gasteiger partial charge in [-0.25, -0.2) is 9.18 Å². The summed E-state index contributed by atoms with van der Waals surface area (Å²) < 4.78 is 61.0. The maximum Gasteiger partial charge on any atom is 0.419 e.